The fourth-order valence-corrected chi connectivity index (χ4v) is 1.38. The van der Waals surface area contributed by atoms with Crippen LogP contribution in [0.5, 0.6) is 0 Å². The summed E-state index contributed by atoms with van der Waals surface area (Å²) in [5.41, 5.74) is 0. The van der Waals surface area contributed by atoms with E-state index < -0.39 is 0 Å². The molecule has 1 rings (SSSR count). The average molecular weight is 163 g/mol. The van der Waals surface area contributed by atoms with E-state index in [0.717, 1.165) is 13.1 Å². The van der Waals surface area contributed by atoms with Gasteiger partial charge in [-0.2, -0.15) is 0 Å². The number of rotatable bonds is 2. The number of hydrogen-bond acceptors (Lipinski definition) is 2. The fourth-order valence-electron chi connectivity index (χ4n) is 1.16. The molecule has 1 aliphatic heterocycles. The van der Waals surface area contributed by atoms with Crippen LogP contribution in [0.1, 0.15) is 13.3 Å². The van der Waals surface area contributed by atoms with Crippen molar-refractivity contribution in [3.8, 4) is 0 Å². The van der Waals surface area contributed by atoms with Gasteiger partial charge in [-0.3, -0.25) is 0 Å². The Bertz CT molecular complexity index is 77.6. The number of alkyl halides is 1. The second kappa shape index (κ2) is 4.16. The van der Waals surface area contributed by atoms with E-state index in [9.17, 15) is 0 Å². The minimum atomic E-state index is 0.476. The summed E-state index contributed by atoms with van der Waals surface area (Å²) in [6.45, 7) is 4.27. The third kappa shape index (κ3) is 2.11. The van der Waals surface area contributed by atoms with Crippen molar-refractivity contribution in [2.75, 3.05) is 19.0 Å². The van der Waals surface area contributed by atoms with Gasteiger partial charge in [0.05, 0.1) is 0 Å². The molecule has 2 nitrogen and oxygen atoms in total. The van der Waals surface area contributed by atoms with Crippen molar-refractivity contribution in [2.24, 2.45) is 0 Å². The molecule has 1 fully saturated rings. The van der Waals surface area contributed by atoms with Crippen LogP contribution in [0.2, 0.25) is 0 Å². The summed E-state index contributed by atoms with van der Waals surface area (Å²) >= 11 is 5.67. The molecule has 0 amide bonds. The lowest BCUT2D eigenvalue weighted by molar-refractivity contribution is 0.356. The Morgan fingerprint density at radius 2 is 1.90 bits per heavy atom. The summed E-state index contributed by atoms with van der Waals surface area (Å²) < 4.78 is 0. The van der Waals surface area contributed by atoms with E-state index in [2.05, 4.69) is 17.6 Å². The molecular formula is C7H15ClN2. The zero-order valence-corrected chi connectivity index (χ0v) is 7.12. The van der Waals surface area contributed by atoms with Crippen molar-refractivity contribution in [1.82, 2.24) is 10.6 Å². The van der Waals surface area contributed by atoms with E-state index >= 15 is 0 Å². The number of halogens is 1. The van der Waals surface area contributed by atoms with Gasteiger partial charge in [0.25, 0.3) is 0 Å². The van der Waals surface area contributed by atoms with E-state index in [1.165, 1.54) is 6.42 Å². The zero-order valence-electron chi connectivity index (χ0n) is 6.36. The van der Waals surface area contributed by atoms with Gasteiger partial charge in [-0.05, 0) is 6.42 Å². The molecule has 2 unspecified atom stereocenters. The maximum atomic E-state index is 5.67. The summed E-state index contributed by atoms with van der Waals surface area (Å²) in [5.74, 6) is 0.712. The molecule has 0 aromatic heterocycles. The third-order valence-electron chi connectivity index (χ3n) is 1.98. The Kier molecular flexibility index (Phi) is 3.46. The van der Waals surface area contributed by atoms with Gasteiger partial charge in [0.1, 0.15) is 0 Å². The van der Waals surface area contributed by atoms with E-state index in [-0.39, 0.29) is 0 Å². The maximum Gasteiger partial charge on any atom is 0.0389 e. The molecule has 0 spiro atoms. The summed E-state index contributed by atoms with van der Waals surface area (Å²) in [5, 5.41) is 6.80. The monoisotopic (exact) mass is 162 g/mol. The molecule has 3 heteroatoms. The molecule has 0 radical (unpaired) electrons. The third-order valence-corrected chi connectivity index (χ3v) is 2.36. The number of nitrogens with one attached hydrogen (secondary N) is 2. The number of hydrogen-bond donors (Lipinski definition) is 2. The van der Waals surface area contributed by atoms with E-state index in [1.807, 2.05) is 0 Å². The second-order valence-electron chi connectivity index (χ2n) is 2.77. The molecule has 0 bridgehead atoms. The van der Waals surface area contributed by atoms with Crippen LogP contribution < -0.4 is 10.6 Å². The molecule has 0 aromatic rings. The number of piperazine rings is 1. The van der Waals surface area contributed by atoms with E-state index in [0.29, 0.717) is 18.0 Å². The Hall–Kier alpha value is 0.210. The van der Waals surface area contributed by atoms with Gasteiger partial charge in [0.15, 0.2) is 0 Å². The fraction of sp³-hybridized carbons (Fsp3) is 1.00. The summed E-state index contributed by atoms with van der Waals surface area (Å²) in [6, 6.07) is 1.13. The highest BCUT2D eigenvalue weighted by Gasteiger charge is 2.16. The zero-order chi connectivity index (χ0) is 7.40. The summed E-state index contributed by atoms with van der Waals surface area (Å²) in [7, 11) is 0. The molecule has 10 heavy (non-hydrogen) atoms. The van der Waals surface area contributed by atoms with Crippen LogP contribution in [0.3, 0.4) is 0 Å². The normalized spacial score (nSPS) is 34.2. The van der Waals surface area contributed by atoms with Crippen LogP contribution in [-0.2, 0) is 0 Å². The lowest BCUT2D eigenvalue weighted by atomic mass is 10.1. The molecule has 1 heterocycles. The molecular weight excluding hydrogens is 148 g/mol. The van der Waals surface area contributed by atoms with Gasteiger partial charge in [-0.15, -0.1) is 11.6 Å². The molecule has 0 aromatic carbocycles. The van der Waals surface area contributed by atoms with Crippen molar-refractivity contribution in [1.29, 1.82) is 0 Å². The molecule has 0 aliphatic carbocycles. The smallest absolute Gasteiger partial charge is 0.0389 e. The SMILES string of the molecule is CCC1CNC(CCl)CN1. The van der Waals surface area contributed by atoms with Crippen LogP contribution >= 0.6 is 11.6 Å². The molecule has 2 N–H and O–H groups in total. The van der Waals surface area contributed by atoms with Crippen molar-refractivity contribution in [3.05, 3.63) is 0 Å². The van der Waals surface area contributed by atoms with Gasteiger partial charge in [0.2, 0.25) is 0 Å². The molecule has 1 saturated heterocycles. The van der Waals surface area contributed by atoms with E-state index in [1.54, 1.807) is 0 Å². The predicted octanol–water partition coefficient (Wildman–Crippen LogP) is 0.565. The summed E-state index contributed by atoms with van der Waals surface area (Å²) in [4.78, 5) is 0. The van der Waals surface area contributed by atoms with Crippen LogP contribution in [-0.4, -0.2) is 31.1 Å². The Labute approximate surface area is 67.3 Å². The van der Waals surface area contributed by atoms with Crippen molar-refractivity contribution < 1.29 is 0 Å². The average Bonchev–Trinajstić information content (AvgIpc) is 2.05. The first-order chi connectivity index (χ1) is 4.86. The molecule has 0 saturated carbocycles. The minimum absolute atomic E-state index is 0.476. The first-order valence-electron chi connectivity index (χ1n) is 3.89. The highest BCUT2D eigenvalue weighted by molar-refractivity contribution is 6.18. The lowest BCUT2D eigenvalue weighted by Crippen LogP contribution is -2.54. The highest BCUT2D eigenvalue weighted by Crippen LogP contribution is 1.98. The van der Waals surface area contributed by atoms with E-state index in [4.69, 9.17) is 11.6 Å². The first-order valence-corrected chi connectivity index (χ1v) is 4.43. The Balaban J connectivity index is 2.17. The largest absolute Gasteiger partial charge is 0.311 e. The topological polar surface area (TPSA) is 24.1 Å². The quantitative estimate of drug-likeness (QED) is 0.581. The van der Waals surface area contributed by atoms with Gasteiger partial charge in [0, 0.05) is 31.1 Å². The second-order valence-corrected chi connectivity index (χ2v) is 3.08. The molecule has 60 valence electrons. The van der Waals surface area contributed by atoms with Crippen LogP contribution in [0, 0.1) is 0 Å². The summed E-state index contributed by atoms with van der Waals surface area (Å²) in [6.07, 6.45) is 1.20. The first kappa shape index (κ1) is 8.31. The van der Waals surface area contributed by atoms with Crippen LogP contribution in [0.15, 0.2) is 0 Å². The maximum absolute atomic E-state index is 5.67. The van der Waals surface area contributed by atoms with Crippen molar-refractivity contribution >= 4 is 11.6 Å². The Morgan fingerprint density at radius 3 is 2.30 bits per heavy atom. The highest BCUT2D eigenvalue weighted by atomic mass is 35.5. The van der Waals surface area contributed by atoms with Gasteiger partial charge in [-0.25, -0.2) is 0 Å². The molecule has 1 aliphatic rings. The molecule has 2 atom stereocenters. The van der Waals surface area contributed by atoms with Gasteiger partial charge < -0.3 is 10.6 Å². The predicted molar refractivity (Wildman–Crippen MR) is 44.6 cm³/mol. The minimum Gasteiger partial charge on any atom is -0.311 e. The van der Waals surface area contributed by atoms with Gasteiger partial charge in [-0.1, -0.05) is 6.92 Å². The van der Waals surface area contributed by atoms with Gasteiger partial charge >= 0.3 is 0 Å². The standard InChI is InChI=1S/C7H15ClN2/c1-2-6-4-10-7(3-8)5-9-6/h6-7,9-10H,2-5H2,1H3. The van der Waals surface area contributed by atoms with Crippen LogP contribution in [0.25, 0.3) is 0 Å². The van der Waals surface area contributed by atoms with Crippen molar-refractivity contribution in [2.45, 2.75) is 25.4 Å². The Morgan fingerprint density at radius 1 is 1.30 bits per heavy atom. The van der Waals surface area contributed by atoms with Crippen molar-refractivity contribution in [3.63, 3.8) is 0 Å². The van der Waals surface area contributed by atoms with Crippen LogP contribution in [0.4, 0.5) is 0 Å². The lowest BCUT2D eigenvalue weighted by Gasteiger charge is -2.29.